The lowest BCUT2D eigenvalue weighted by Crippen LogP contribution is -2.09. The van der Waals surface area contributed by atoms with Crippen molar-refractivity contribution in [2.45, 2.75) is 50.8 Å². The van der Waals surface area contributed by atoms with Gasteiger partial charge in [0.15, 0.2) is 5.78 Å². The minimum atomic E-state index is -4.35. The molecule has 1 rings (SSSR count). The van der Waals surface area contributed by atoms with Crippen LogP contribution in [-0.2, 0) is 16.5 Å². The lowest BCUT2D eigenvalue weighted by Gasteiger charge is -2.08. The van der Waals surface area contributed by atoms with Crippen LogP contribution in [0.5, 0.6) is 0 Å². The Morgan fingerprint density at radius 1 is 1.21 bits per heavy atom. The predicted octanol–water partition coefficient (Wildman–Crippen LogP) is 3.26. The lowest BCUT2D eigenvalue weighted by atomic mass is 10.0. The van der Waals surface area contributed by atoms with Crippen molar-refractivity contribution in [3.05, 3.63) is 29.3 Å². The lowest BCUT2D eigenvalue weighted by molar-refractivity contribution is 0.0975. The molecule has 0 unspecified atom stereocenters. The van der Waals surface area contributed by atoms with E-state index in [2.05, 4.69) is 0 Å². The molecule has 0 saturated heterocycles. The molecule has 0 saturated carbocycles. The third-order valence-electron chi connectivity index (χ3n) is 3.04. The molecule has 0 amide bonds. The molecule has 0 heterocycles. The number of hydrogen-bond donors (Lipinski definition) is 1. The molecule has 1 aromatic carbocycles. The molecule has 0 fully saturated rings. The van der Waals surface area contributed by atoms with E-state index in [1.807, 2.05) is 13.8 Å². The van der Waals surface area contributed by atoms with Crippen molar-refractivity contribution in [2.24, 2.45) is 0 Å². The number of carbonyl (C=O) groups is 1. The molecule has 0 atom stereocenters. The Morgan fingerprint density at radius 2 is 1.89 bits per heavy atom. The Kier molecular flexibility index (Phi) is 5.69. The van der Waals surface area contributed by atoms with Crippen LogP contribution < -0.4 is 0 Å². The Hall–Kier alpha value is -1.20. The molecule has 0 aliphatic rings. The minimum Gasteiger partial charge on any atom is -0.294 e. The first-order valence-electron chi connectivity index (χ1n) is 6.53. The highest BCUT2D eigenvalue weighted by atomic mass is 32.2. The Balaban J connectivity index is 3.11. The fourth-order valence-electron chi connectivity index (χ4n) is 1.91. The monoisotopic (exact) mass is 284 g/mol. The molecule has 106 valence electrons. The van der Waals surface area contributed by atoms with Crippen LogP contribution in [-0.4, -0.2) is 18.8 Å². The van der Waals surface area contributed by atoms with Gasteiger partial charge in [0.05, 0.1) is 0 Å². The number of carbonyl (C=O) groups excluding carboxylic acids is 1. The number of ketones is 1. The summed E-state index contributed by atoms with van der Waals surface area (Å²) in [6, 6.07) is 4.49. The molecule has 1 N–H and O–H groups in total. The summed E-state index contributed by atoms with van der Waals surface area (Å²) in [5, 5.41) is 0. The highest BCUT2D eigenvalue weighted by molar-refractivity contribution is 7.86. The van der Waals surface area contributed by atoms with Crippen LogP contribution >= 0.6 is 0 Å². The smallest absolute Gasteiger partial charge is 0.294 e. The third kappa shape index (κ3) is 4.44. The molecule has 0 bridgehead atoms. The Morgan fingerprint density at radius 3 is 2.42 bits per heavy atom. The molecular formula is C14H20O4S. The van der Waals surface area contributed by atoms with E-state index in [-0.39, 0.29) is 16.2 Å². The zero-order chi connectivity index (χ0) is 14.5. The molecule has 0 aromatic heterocycles. The third-order valence-corrected chi connectivity index (χ3v) is 3.95. The maximum Gasteiger partial charge on any atom is 0.295 e. The molecule has 0 radical (unpaired) electrons. The molecule has 0 aliphatic carbocycles. The summed E-state index contributed by atoms with van der Waals surface area (Å²) < 4.78 is 31.8. The first-order valence-corrected chi connectivity index (χ1v) is 7.97. The average Bonchev–Trinajstić information content (AvgIpc) is 2.37. The van der Waals surface area contributed by atoms with Crippen LogP contribution in [0, 0.1) is 0 Å². The van der Waals surface area contributed by atoms with Gasteiger partial charge in [0.2, 0.25) is 0 Å². The Labute approximate surface area is 114 Å². The van der Waals surface area contributed by atoms with Crippen molar-refractivity contribution in [2.75, 3.05) is 0 Å². The van der Waals surface area contributed by atoms with Crippen LogP contribution in [0.25, 0.3) is 0 Å². The van der Waals surface area contributed by atoms with E-state index in [0.717, 1.165) is 24.8 Å². The summed E-state index contributed by atoms with van der Waals surface area (Å²) in [4.78, 5) is 11.8. The highest BCUT2D eigenvalue weighted by Gasteiger charge is 2.20. The van der Waals surface area contributed by atoms with Crippen molar-refractivity contribution < 1.29 is 17.8 Å². The van der Waals surface area contributed by atoms with E-state index < -0.39 is 10.1 Å². The van der Waals surface area contributed by atoms with Crippen LogP contribution in [0.1, 0.15) is 55.5 Å². The first kappa shape index (κ1) is 15.9. The number of unbranched alkanes of at least 4 members (excludes halogenated alkanes) is 2. The van der Waals surface area contributed by atoms with Gasteiger partial charge in [-0.3, -0.25) is 9.35 Å². The number of aryl methyl sites for hydroxylation is 1. The van der Waals surface area contributed by atoms with Crippen molar-refractivity contribution >= 4 is 15.9 Å². The molecular weight excluding hydrogens is 264 g/mol. The minimum absolute atomic E-state index is 0.109. The van der Waals surface area contributed by atoms with Crippen molar-refractivity contribution in [1.29, 1.82) is 0 Å². The molecule has 4 nitrogen and oxygen atoms in total. The van der Waals surface area contributed by atoms with Crippen LogP contribution in [0.2, 0.25) is 0 Å². The Bertz CT molecular complexity index is 547. The van der Waals surface area contributed by atoms with E-state index in [9.17, 15) is 17.8 Å². The average molecular weight is 284 g/mol. The van der Waals surface area contributed by atoms with Crippen molar-refractivity contribution in [3.63, 3.8) is 0 Å². The number of Topliss-reactive ketones (excluding diaryl/α,β-unsaturated/α-hetero) is 1. The van der Waals surface area contributed by atoms with E-state index in [0.29, 0.717) is 12.8 Å². The van der Waals surface area contributed by atoms with Crippen molar-refractivity contribution in [1.82, 2.24) is 0 Å². The molecule has 0 aliphatic heterocycles. The number of benzene rings is 1. The van der Waals surface area contributed by atoms with Gasteiger partial charge in [0.1, 0.15) is 4.90 Å². The predicted molar refractivity (Wildman–Crippen MR) is 74.1 cm³/mol. The summed E-state index contributed by atoms with van der Waals surface area (Å²) in [7, 11) is -4.35. The van der Waals surface area contributed by atoms with Gasteiger partial charge >= 0.3 is 0 Å². The summed E-state index contributed by atoms with van der Waals surface area (Å²) >= 11 is 0. The van der Waals surface area contributed by atoms with E-state index >= 15 is 0 Å². The summed E-state index contributed by atoms with van der Waals surface area (Å²) in [6.07, 6.45) is 3.68. The fraction of sp³-hybridized carbons (Fsp3) is 0.500. The quantitative estimate of drug-likeness (QED) is 0.474. The first-order chi connectivity index (χ1) is 8.90. The van der Waals surface area contributed by atoms with Gasteiger partial charge in [-0.2, -0.15) is 8.42 Å². The summed E-state index contributed by atoms with van der Waals surface area (Å²) in [6.45, 7) is 3.96. The fourth-order valence-corrected chi connectivity index (χ4v) is 2.60. The second kappa shape index (κ2) is 6.82. The van der Waals surface area contributed by atoms with Crippen LogP contribution in [0.4, 0.5) is 0 Å². The number of rotatable bonds is 7. The highest BCUT2D eigenvalue weighted by Crippen LogP contribution is 2.20. The summed E-state index contributed by atoms with van der Waals surface area (Å²) in [5.74, 6) is -0.226. The molecule has 5 heteroatoms. The number of hydrogen-bond acceptors (Lipinski definition) is 3. The zero-order valence-corrected chi connectivity index (χ0v) is 12.2. The van der Waals surface area contributed by atoms with Gasteiger partial charge < -0.3 is 0 Å². The second-order valence-electron chi connectivity index (χ2n) is 4.54. The van der Waals surface area contributed by atoms with Crippen LogP contribution in [0.15, 0.2) is 23.1 Å². The van der Waals surface area contributed by atoms with Gasteiger partial charge in [-0.25, -0.2) is 0 Å². The normalized spacial score (nSPS) is 11.5. The van der Waals surface area contributed by atoms with Crippen LogP contribution in [0.3, 0.4) is 0 Å². The van der Waals surface area contributed by atoms with Gasteiger partial charge in [-0.05, 0) is 30.5 Å². The maximum absolute atomic E-state index is 12.1. The molecule has 1 aromatic rings. The zero-order valence-electron chi connectivity index (χ0n) is 11.3. The SMILES string of the molecule is CCCCCC(=O)c1cc(CC)ccc1S(=O)(=O)O. The van der Waals surface area contributed by atoms with Gasteiger partial charge in [0, 0.05) is 12.0 Å². The van der Waals surface area contributed by atoms with E-state index in [1.165, 1.54) is 6.07 Å². The summed E-state index contributed by atoms with van der Waals surface area (Å²) in [5.41, 5.74) is 0.990. The van der Waals surface area contributed by atoms with Gasteiger partial charge in [0.25, 0.3) is 10.1 Å². The van der Waals surface area contributed by atoms with Gasteiger partial charge in [-0.1, -0.05) is 32.8 Å². The second-order valence-corrected chi connectivity index (χ2v) is 5.93. The standard InChI is InChI=1S/C14H20O4S/c1-3-5-6-7-13(15)12-10-11(4-2)8-9-14(12)19(16,17)18/h8-10H,3-7H2,1-2H3,(H,16,17,18). The van der Waals surface area contributed by atoms with Crippen molar-refractivity contribution in [3.8, 4) is 0 Å². The largest absolute Gasteiger partial charge is 0.295 e. The molecule has 0 spiro atoms. The van der Waals surface area contributed by atoms with Gasteiger partial charge in [-0.15, -0.1) is 0 Å². The van der Waals surface area contributed by atoms with E-state index in [4.69, 9.17) is 0 Å². The maximum atomic E-state index is 12.1. The topological polar surface area (TPSA) is 71.4 Å². The van der Waals surface area contributed by atoms with E-state index in [1.54, 1.807) is 12.1 Å². The molecule has 19 heavy (non-hydrogen) atoms.